The highest BCUT2D eigenvalue weighted by Crippen LogP contribution is 2.53. The van der Waals surface area contributed by atoms with Crippen molar-refractivity contribution < 1.29 is 4.79 Å². The van der Waals surface area contributed by atoms with Crippen LogP contribution < -0.4 is 0 Å². The molecule has 2 aliphatic carbocycles. The number of carbonyl (C=O) groups excluding carboxylic acids is 1. The van der Waals surface area contributed by atoms with Crippen LogP contribution in [0.15, 0.2) is 54.9 Å². The van der Waals surface area contributed by atoms with Crippen molar-refractivity contribution in [2.45, 2.75) is 77.7 Å². The Kier molecular flexibility index (Phi) is 6.02. The SMILES string of the molecule is CC(C)CC(=O)N1CCCC1c1nc2ccc(-c3ccc(-c4ccc5nc[nH]c5c4)c4c3CC3(CCCC3)C4)cc2[nH]1. The van der Waals surface area contributed by atoms with Crippen molar-refractivity contribution in [2.24, 2.45) is 11.3 Å². The number of aromatic amines is 2. The number of hydrogen-bond acceptors (Lipinski definition) is 3. The molecule has 1 saturated carbocycles. The van der Waals surface area contributed by atoms with Gasteiger partial charge in [0.1, 0.15) is 5.82 Å². The Morgan fingerprint density at radius 3 is 2.33 bits per heavy atom. The summed E-state index contributed by atoms with van der Waals surface area (Å²) in [5, 5.41) is 0. The largest absolute Gasteiger partial charge is 0.345 e. The van der Waals surface area contributed by atoms with Gasteiger partial charge in [-0.2, -0.15) is 0 Å². The molecule has 8 rings (SSSR count). The molecule has 0 radical (unpaired) electrons. The van der Waals surface area contributed by atoms with E-state index in [1.54, 1.807) is 6.33 Å². The van der Waals surface area contributed by atoms with Crippen LogP contribution in [0.1, 0.15) is 81.8 Å². The number of rotatable bonds is 5. The maximum atomic E-state index is 13.0. The molecule has 1 saturated heterocycles. The normalized spacial score (nSPS) is 19.6. The third-order valence-electron chi connectivity index (χ3n) is 10.2. The first-order valence-electron chi connectivity index (χ1n) is 15.8. The Labute approximate surface area is 247 Å². The van der Waals surface area contributed by atoms with Gasteiger partial charge in [-0.1, -0.05) is 51.0 Å². The van der Waals surface area contributed by atoms with Crippen LogP contribution in [-0.4, -0.2) is 37.3 Å². The second-order valence-electron chi connectivity index (χ2n) is 13.5. The minimum Gasteiger partial charge on any atom is -0.345 e. The van der Waals surface area contributed by atoms with E-state index in [2.05, 4.69) is 77.3 Å². The second kappa shape index (κ2) is 9.82. The lowest BCUT2D eigenvalue weighted by molar-refractivity contribution is -0.133. The van der Waals surface area contributed by atoms with Crippen molar-refractivity contribution in [1.82, 2.24) is 24.8 Å². The van der Waals surface area contributed by atoms with Gasteiger partial charge in [0, 0.05) is 13.0 Å². The predicted molar refractivity (Wildman–Crippen MR) is 168 cm³/mol. The van der Waals surface area contributed by atoms with Gasteiger partial charge < -0.3 is 14.9 Å². The Morgan fingerprint density at radius 1 is 0.929 bits per heavy atom. The molecule has 6 heteroatoms. The van der Waals surface area contributed by atoms with Crippen LogP contribution in [-0.2, 0) is 17.6 Å². The van der Waals surface area contributed by atoms with Gasteiger partial charge in [-0.15, -0.1) is 0 Å². The van der Waals surface area contributed by atoms with Crippen LogP contribution in [0.25, 0.3) is 44.3 Å². The molecule has 3 aromatic carbocycles. The van der Waals surface area contributed by atoms with E-state index >= 15 is 0 Å². The number of nitrogens with one attached hydrogen (secondary N) is 2. The van der Waals surface area contributed by atoms with Gasteiger partial charge in [0.25, 0.3) is 0 Å². The van der Waals surface area contributed by atoms with E-state index < -0.39 is 0 Å². The van der Waals surface area contributed by atoms with Crippen molar-refractivity contribution in [1.29, 1.82) is 0 Å². The summed E-state index contributed by atoms with van der Waals surface area (Å²) in [6.45, 7) is 5.05. The van der Waals surface area contributed by atoms with Crippen LogP contribution in [0.2, 0.25) is 0 Å². The van der Waals surface area contributed by atoms with E-state index in [0.717, 1.165) is 47.3 Å². The van der Waals surface area contributed by atoms with Crippen LogP contribution in [0, 0.1) is 11.3 Å². The van der Waals surface area contributed by atoms with E-state index in [4.69, 9.17) is 4.98 Å². The quantitative estimate of drug-likeness (QED) is 0.229. The van der Waals surface area contributed by atoms with Gasteiger partial charge in [0.2, 0.25) is 5.91 Å². The number of aromatic nitrogens is 4. The van der Waals surface area contributed by atoms with Crippen LogP contribution in [0.5, 0.6) is 0 Å². The van der Waals surface area contributed by atoms with E-state index in [1.807, 2.05) is 4.90 Å². The molecule has 3 heterocycles. The summed E-state index contributed by atoms with van der Waals surface area (Å²) >= 11 is 0. The van der Waals surface area contributed by atoms with E-state index in [1.165, 1.54) is 71.9 Å². The van der Waals surface area contributed by atoms with Crippen molar-refractivity contribution in [3.05, 3.63) is 71.8 Å². The van der Waals surface area contributed by atoms with Crippen molar-refractivity contribution in [3.8, 4) is 22.3 Å². The molecule has 1 aliphatic heterocycles. The van der Waals surface area contributed by atoms with Crippen LogP contribution >= 0.6 is 0 Å². The number of nitrogens with zero attached hydrogens (tertiary/aromatic N) is 3. The van der Waals surface area contributed by atoms with Gasteiger partial charge in [-0.25, -0.2) is 9.97 Å². The molecule has 3 aliphatic rings. The number of hydrogen-bond donors (Lipinski definition) is 2. The highest BCUT2D eigenvalue weighted by molar-refractivity contribution is 5.87. The molecule has 214 valence electrons. The average molecular weight is 558 g/mol. The van der Waals surface area contributed by atoms with E-state index in [9.17, 15) is 4.79 Å². The first-order valence-corrected chi connectivity index (χ1v) is 15.8. The Bertz CT molecular complexity index is 1820. The molecule has 1 unspecified atom stereocenters. The summed E-state index contributed by atoms with van der Waals surface area (Å²) in [7, 11) is 0. The van der Waals surface area contributed by atoms with Gasteiger partial charge in [0.15, 0.2) is 0 Å². The van der Waals surface area contributed by atoms with Gasteiger partial charge in [0.05, 0.1) is 34.4 Å². The average Bonchev–Trinajstić information content (AvgIpc) is 3.80. The minimum atomic E-state index is 0.0464. The molecule has 1 atom stereocenters. The first-order chi connectivity index (χ1) is 20.5. The summed E-state index contributed by atoms with van der Waals surface area (Å²) in [6, 6.07) is 18.1. The zero-order valence-corrected chi connectivity index (χ0v) is 24.7. The summed E-state index contributed by atoms with van der Waals surface area (Å²) < 4.78 is 0. The summed E-state index contributed by atoms with van der Waals surface area (Å²) in [5.74, 6) is 1.54. The lowest BCUT2D eigenvalue weighted by Gasteiger charge is -2.24. The van der Waals surface area contributed by atoms with E-state index in [0.29, 0.717) is 17.8 Å². The Morgan fingerprint density at radius 2 is 1.62 bits per heavy atom. The van der Waals surface area contributed by atoms with Crippen molar-refractivity contribution in [3.63, 3.8) is 0 Å². The number of amides is 1. The number of likely N-dealkylation sites (tertiary alicyclic amines) is 1. The van der Waals surface area contributed by atoms with Crippen LogP contribution in [0.4, 0.5) is 0 Å². The summed E-state index contributed by atoms with van der Waals surface area (Å²) in [4.78, 5) is 31.4. The molecule has 2 aromatic heterocycles. The maximum absolute atomic E-state index is 13.0. The molecular formula is C36H39N5O. The molecule has 1 spiro atoms. The van der Waals surface area contributed by atoms with Crippen molar-refractivity contribution in [2.75, 3.05) is 6.54 Å². The topological polar surface area (TPSA) is 77.7 Å². The molecule has 1 amide bonds. The second-order valence-corrected chi connectivity index (χ2v) is 13.5. The van der Waals surface area contributed by atoms with Crippen LogP contribution in [0.3, 0.4) is 0 Å². The highest BCUT2D eigenvalue weighted by atomic mass is 16.2. The summed E-state index contributed by atoms with van der Waals surface area (Å²) in [6.07, 6.45) is 12.1. The number of benzene rings is 3. The van der Waals surface area contributed by atoms with Gasteiger partial charge in [-0.3, -0.25) is 4.79 Å². The number of H-pyrrole nitrogens is 2. The van der Waals surface area contributed by atoms with Gasteiger partial charge in [-0.05, 0) is 108 Å². The monoisotopic (exact) mass is 557 g/mol. The van der Waals surface area contributed by atoms with E-state index in [-0.39, 0.29) is 11.9 Å². The molecule has 42 heavy (non-hydrogen) atoms. The minimum absolute atomic E-state index is 0.0464. The molecule has 0 bridgehead atoms. The maximum Gasteiger partial charge on any atom is 0.223 e. The molecular weight excluding hydrogens is 518 g/mol. The number of carbonyl (C=O) groups is 1. The zero-order valence-electron chi connectivity index (χ0n) is 24.7. The van der Waals surface area contributed by atoms with Crippen molar-refractivity contribution >= 4 is 28.0 Å². The fourth-order valence-corrected chi connectivity index (χ4v) is 8.20. The number of fused-ring (bicyclic) bond motifs is 3. The standard InChI is InChI=1S/C36H39N5O/c1-22(2)16-34(42)41-15-5-6-33(41)35-39-30-12-8-24(18-32(30)40-35)26-10-9-25(23-7-11-29-31(17-23)38-21-37-29)27-19-36(20-28(26)27)13-3-4-14-36/h7-12,17-18,21-22,33H,3-6,13-16,19-20H2,1-2H3,(H,37,38)(H,39,40). The molecule has 6 nitrogen and oxygen atoms in total. The lowest BCUT2D eigenvalue weighted by atomic mass is 9.82. The zero-order chi connectivity index (χ0) is 28.4. The summed E-state index contributed by atoms with van der Waals surface area (Å²) in [5.41, 5.74) is 12.8. The lowest BCUT2D eigenvalue weighted by Crippen LogP contribution is -2.31. The third-order valence-corrected chi connectivity index (χ3v) is 10.2. The Balaban J connectivity index is 1.18. The van der Waals surface area contributed by atoms with Gasteiger partial charge >= 0.3 is 0 Å². The first kappa shape index (κ1) is 25.8. The predicted octanol–water partition coefficient (Wildman–Crippen LogP) is 8.14. The molecule has 5 aromatic rings. The number of imidazole rings is 2. The highest BCUT2D eigenvalue weighted by Gasteiger charge is 2.41. The third kappa shape index (κ3) is 4.26. The fraction of sp³-hybridized carbons (Fsp3) is 0.417. The molecule has 2 N–H and O–H groups in total. The fourth-order valence-electron chi connectivity index (χ4n) is 8.20. The smallest absolute Gasteiger partial charge is 0.223 e. The Hall–Kier alpha value is -3.93. The molecule has 2 fully saturated rings.